The zero-order valence-electron chi connectivity index (χ0n) is 15.7. The van der Waals surface area contributed by atoms with Crippen LogP contribution in [-0.4, -0.2) is 44.5 Å². The summed E-state index contributed by atoms with van der Waals surface area (Å²) in [6.07, 6.45) is -3.08. The van der Waals surface area contributed by atoms with Gasteiger partial charge in [0.1, 0.15) is 5.82 Å². The first-order valence-corrected chi connectivity index (χ1v) is 8.38. The predicted molar refractivity (Wildman–Crippen MR) is 99.2 cm³/mol. The molecule has 0 bridgehead atoms. The van der Waals surface area contributed by atoms with Crippen molar-refractivity contribution in [3.05, 3.63) is 47.5 Å². The summed E-state index contributed by atoms with van der Waals surface area (Å²) in [6, 6.07) is 8.60. The predicted octanol–water partition coefficient (Wildman–Crippen LogP) is 3.75. The molecule has 28 heavy (non-hydrogen) atoms. The van der Waals surface area contributed by atoms with Crippen LogP contribution in [0.3, 0.4) is 0 Å². The van der Waals surface area contributed by atoms with Crippen molar-refractivity contribution in [2.24, 2.45) is 5.16 Å². The molecule has 1 aromatic carbocycles. The number of aromatic nitrogens is 1. The SMILES string of the molecule is CCOC(=O)CON=Cc1ccc(-c2cc(C(F)(F)F)cc(N(C)C)n2)cc1. The van der Waals surface area contributed by atoms with Crippen LogP contribution in [0.25, 0.3) is 11.3 Å². The number of anilines is 1. The Morgan fingerprint density at radius 1 is 1.21 bits per heavy atom. The van der Waals surface area contributed by atoms with Crippen molar-refractivity contribution < 1.29 is 27.5 Å². The van der Waals surface area contributed by atoms with Crippen LogP contribution in [-0.2, 0) is 20.5 Å². The van der Waals surface area contributed by atoms with E-state index >= 15 is 0 Å². The zero-order chi connectivity index (χ0) is 20.7. The number of pyridine rings is 1. The van der Waals surface area contributed by atoms with Gasteiger partial charge in [-0.2, -0.15) is 13.2 Å². The van der Waals surface area contributed by atoms with Gasteiger partial charge in [-0.25, -0.2) is 9.78 Å². The third-order valence-electron chi connectivity index (χ3n) is 3.57. The van der Waals surface area contributed by atoms with E-state index in [9.17, 15) is 18.0 Å². The van der Waals surface area contributed by atoms with Gasteiger partial charge < -0.3 is 14.5 Å². The molecule has 0 saturated heterocycles. The number of hydrogen-bond acceptors (Lipinski definition) is 6. The van der Waals surface area contributed by atoms with Gasteiger partial charge in [0.15, 0.2) is 0 Å². The molecule has 0 aliphatic rings. The second-order valence-electron chi connectivity index (χ2n) is 5.93. The molecule has 0 radical (unpaired) electrons. The van der Waals surface area contributed by atoms with Crippen molar-refractivity contribution >= 4 is 18.0 Å². The van der Waals surface area contributed by atoms with Gasteiger partial charge >= 0.3 is 12.1 Å². The summed E-state index contributed by atoms with van der Waals surface area (Å²) in [5.41, 5.74) is 0.617. The van der Waals surface area contributed by atoms with Gasteiger partial charge in [-0.1, -0.05) is 29.4 Å². The van der Waals surface area contributed by atoms with Crippen LogP contribution < -0.4 is 4.90 Å². The van der Waals surface area contributed by atoms with Crippen molar-refractivity contribution in [1.82, 2.24) is 4.98 Å². The van der Waals surface area contributed by atoms with Crippen LogP contribution in [0.1, 0.15) is 18.1 Å². The van der Waals surface area contributed by atoms with Crippen molar-refractivity contribution in [3.63, 3.8) is 0 Å². The molecule has 0 aliphatic heterocycles. The molecule has 0 atom stereocenters. The third kappa shape index (κ3) is 5.97. The van der Waals surface area contributed by atoms with E-state index in [1.807, 2.05) is 0 Å². The smallest absolute Gasteiger partial charge is 0.416 e. The average molecular weight is 395 g/mol. The number of halogens is 3. The summed E-state index contributed by atoms with van der Waals surface area (Å²) in [6.45, 7) is 1.64. The van der Waals surface area contributed by atoms with E-state index in [1.54, 1.807) is 45.3 Å². The first-order valence-electron chi connectivity index (χ1n) is 8.38. The minimum Gasteiger partial charge on any atom is -0.463 e. The quantitative estimate of drug-likeness (QED) is 0.406. The van der Waals surface area contributed by atoms with Gasteiger partial charge in [-0.3, -0.25) is 0 Å². The molecule has 0 saturated carbocycles. The Hall–Kier alpha value is -3.10. The summed E-state index contributed by atoms with van der Waals surface area (Å²) in [4.78, 5) is 21.7. The molecule has 1 aromatic heterocycles. The van der Waals surface area contributed by atoms with Gasteiger partial charge in [-0.15, -0.1) is 0 Å². The Bertz CT molecular complexity index is 835. The van der Waals surface area contributed by atoms with Gasteiger partial charge in [0.25, 0.3) is 0 Å². The molecule has 2 aromatic rings. The van der Waals surface area contributed by atoms with E-state index in [4.69, 9.17) is 9.57 Å². The Balaban J connectivity index is 2.16. The topological polar surface area (TPSA) is 64.0 Å². The number of ether oxygens (including phenoxy) is 1. The lowest BCUT2D eigenvalue weighted by molar-refractivity contribution is -0.148. The number of alkyl halides is 3. The minimum atomic E-state index is -4.47. The van der Waals surface area contributed by atoms with Crippen LogP contribution >= 0.6 is 0 Å². The lowest BCUT2D eigenvalue weighted by Crippen LogP contribution is -2.14. The molecule has 0 spiro atoms. The first kappa shape index (κ1) is 21.2. The summed E-state index contributed by atoms with van der Waals surface area (Å²) in [5, 5.41) is 3.65. The fraction of sp³-hybridized carbons (Fsp3) is 0.316. The van der Waals surface area contributed by atoms with E-state index in [0.29, 0.717) is 11.1 Å². The molecule has 2 rings (SSSR count). The summed E-state index contributed by atoms with van der Waals surface area (Å²) in [7, 11) is 3.25. The Morgan fingerprint density at radius 3 is 2.46 bits per heavy atom. The van der Waals surface area contributed by atoms with Crippen LogP contribution in [0.4, 0.5) is 19.0 Å². The van der Waals surface area contributed by atoms with Crippen molar-refractivity contribution in [1.29, 1.82) is 0 Å². The summed E-state index contributed by atoms with van der Waals surface area (Å²) >= 11 is 0. The number of carbonyl (C=O) groups is 1. The highest BCUT2D eigenvalue weighted by atomic mass is 19.4. The highest BCUT2D eigenvalue weighted by Crippen LogP contribution is 2.33. The van der Waals surface area contributed by atoms with Crippen LogP contribution in [0.2, 0.25) is 0 Å². The molecule has 0 N–H and O–H groups in total. The van der Waals surface area contributed by atoms with E-state index in [-0.39, 0.29) is 24.7 Å². The van der Waals surface area contributed by atoms with E-state index in [2.05, 4.69) is 10.1 Å². The highest BCUT2D eigenvalue weighted by Gasteiger charge is 2.32. The van der Waals surface area contributed by atoms with E-state index in [0.717, 1.165) is 12.1 Å². The maximum absolute atomic E-state index is 13.2. The molecular formula is C19H20F3N3O3. The molecule has 0 unspecified atom stereocenters. The molecule has 1 heterocycles. The number of rotatable bonds is 7. The first-order chi connectivity index (χ1) is 13.2. The molecule has 6 nitrogen and oxygen atoms in total. The maximum atomic E-state index is 13.2. The normalized spacial score (nSPS) is 11.5. The third-order valence-corrected chi connectivity index (χ3v) is 3.57. The van der Waals surface area contributed by atoms with Gasteiger partial charge in [0.05, 0.1) is 24.1 Å². The highest BCUT2D eigenvalue weighted by molar-refractivity contribution is 5.80. The minimum absolute atomic E-state index is 0.209. The lowest BCUT2D eigenvalue weighted by atomic mass is 10.1. The van der Waals surface area contributed by atoms with E-state index in [1.165, 1.54) is 11.1 Å². The Kier molecular flexibility index (Phi) is 6.97. The molecular weight excluding hydrogens is 375 g/mol. The van der Waals surface area contributed by atoms with Gasteiger partial charge in [0.2, 0.25) is 6.61 Å². The number of oxime groups is 1. The summed E-state index contributed by atoms with van der Waals surface area (Å²) < 4.78 is 44.2. The van der Waals surface area contributed by atoms with Crippen LogP contribution in [0, 0.1) is 0 Å². The largest absolute Gasteiger partial charge is 0.463 e. The lowest BCUT2D eigenvalue weighted by Gasteiger charge is -2.16. The molecule has 0 amide bonds. The maximum Gasteiger partial charge on any atom is 0.416 e. The second-order valence-corrected chi connectivity index (χ2v) is 5.93. The van der Waals surface area contributed by atoms with Crippen molar-refractivity contribution in [2.75, 3.05) is 32.2 Å². The summed E-state index contributed by atoms with van der Waals surface area (Å²) in [5.74, 6) is -0.315. The molecule has 0 fully saturated rings. The average Bonchev–Trinajstić information content (AvgIpc) is 2.65. The number of nitrogens with zero attached hydrogens (tertiary/aromatic N) is 3. The number of benzene rings is 1. The number of esters is 1. The second kappa shape index (κ2) is 9.20. The zero-order valence-corrected chi connectivity index (χ0v) is 15.7. The standard InChI is InChI=1S/C19H20F3N3O3/c1-4-27-18(26)12-28-23-11-13-5-7-14(8-6-13)16-9-15(19(20,21)22)10-17(24-16)25(2)3/h5-11H,4,12H2,1-3H3. The van der Waals surface area contributed by atoms with E-state index < -0.39 is 17.7 Å². The van der Waals surface area contributed by atoms with Crippen molar-refractivity contribution in [3.8, 4) is 11.3 Å². The van der Waals surface area contributed by atoms with Gasteiger partial charge in [-0.05, 0) is 24.6 Å². The monoisotopic (exact) mass is 395 g/mol. The Labute approximate surface area is 160 Å². The molecule has 9 heteroatoms. The molecule has 0 aliphatic carbocycles. The van der Waals surface area contributed by atoms with Gasteiger partial charge in [0, 0.05) is 19.7 Å². The number of carbonyl (C=O) groups excluding carboxylic acids is 1. The fourth-order valence-corrected chi connectivity index (χ4v) is 2.19. The number of hydrogen-bond donors (Lipinski definition) is 0. The Morgan fingerprint density at radius 2 is 1.89 bits per heavy atom. The fourth-order valence-electron chi connectivity index (χ4n) is 2.19. The molecule has 150 valence electrons. The van der Waals surface area contributed by atoms with Crippen LogP contribution in [0.5, 0.6) is 0 Å². The van der Waals surface area contributed by atoms with Crippen LogP contribution in [0.15, 0.2) is 41.6 Å². The van der Waals surface area contributed by atoms with Crippen molar-refractivity contribution in [2.45, 2.75) is 13.1 Å².